The molecule has 1 rings (SSSR count). The van der Waals surface area contributed by atoms with E-state index < -0.39 is 19.0 Å². The number of amides is 2. The fourth-order valence-electron chi connectivity index (χ4n) is 1.01. The van der Waals surface area contributed by atoms with E-state index in [1.807, 2.05) is 5.43 Å². The minimum atomic E-state index is -1.91. The third kappa shape index (κ3) is 3.33. The van der Waals surface area contributed by atoms with Crippen LogP contribution < -0.4 is 16.6 Å². The Balaban J connectivity index is 2.86. The fraction of sp³-hybridized carbons (Fsp3) is 0. The summed E-state index contributed by atoms with van der Waals surface area (Å²) in [5.41, 5.74) is 6.81. The number of carbonyl (C=O) groups excluding carboxylic acids is 1. The molecule has 0 spiro atoms. The maximum absolute atomic E-state index is 13.0. The Hall–Kier alpha value is -1.93. The lowest BCUT2D eigenvalue weighted by Crippen LogP contribution is -2.33. The molecule has 1 aromatic carbocycles. The van der Waals surface area contributed by atoms with Crippen molar-refractivity contribution in [2.75, 3.05) is 0 Å². The molecular formula is C8H9BFN3O3. The second kappa shape index (κ2) is 5.24. The molecule has 0 unspecified atom stereocenters. The van der Waals surface area contributed by atoms with Gasteiger partial charge in [0, 0.05) is 5.46 Å². The van der Waals surface area contributed by atoms with Crippen LogP contribution in [0.4, 0.5) is 9.18 Å². The second-order valence-corrected chi connectivity index (χ2v) is 2.89. The van der Waals surface area contributed by atoms with E-state index in [4.69, 9.17) is 15.8 Å². The van der Waals surface area contributed by atoms with Crippen LogP contribution in [0.1, 0.15) is 5.56 Å². The molecule has 0 atom stereocenters. The highest BCUT2D eigenvalue weighted by atomic mass is 19.1. The van der Waals surface area contributed by atoms with Gasteiger partial charge in [0.05, 0.1) is 6.21 Å². The summed E-state index contributed by atoms with van der Waals surface area (Å²) in [5.74, 6) is -0.741. The monoisotopic (exact) mass is 225 g/mol. The second-order valence-electron chi connectivity index (χ2n) is 2.89. The van der Waals surface area contributed by atoms with E-state index in [1.54, 1.807) is 0 Å². The molecular weight excluding hydrogens is 216 g/mol. The summed E-state index contributed by atoms with van der Waals surface area (Å²) in [4.78, 5) is 10.3. The van der Waals surface area contributed by atoms with Crippen LogP contribution in [-0.2, 0) is 0 Å². The van der Waals surface area contributed by atoms with Gasteiger partial charge in [-0.3, -0.25) is 0 Å². The quantitative estimate of drug-likeness (QED) is 0.286. The molecule has 6 nitrogen and oxygen atoms in total. The SMILES string of the molecule is NC(=O)NN=Cc1ccc(F)c(B(O)O)c1. The Morgan fingerprint density at radius 1 is 1.56 bits per heavy atom. The van der Waals surface area contributed by atoms with Gasteiger partial charge in [0.25, 0.3) is 0 Å². The topological polar surface area (TPSA) is 108 Å². The zero-order chi connectivity index (χ0) is 12.1. The molecule has 5 N–H and O–H groups in total. The molecule has 2 amide bonds. The third-order valence-electron chi connectivity index (χ3n) is 1.69. The molecule has 0 aromatic heterocycles. The summed E-state index contributed by atoms with van der Waals surface area (Å²) in [6, 6.07) is 2.76. The predicted molar refractivity (Wildman–Crippen MR) is 56.5 cm³/mol. The molecule has 0 radical (unpaired) electrons. The van der Waals surface area contributed by atoms with Gasteiger partial charge in [-0.2, -0.15) is 5.10 Å². The first-order valence-corrected chi connectivity index (χ1v) is 4.25. The van der Waals surface area contributed by atoms with E-state index in [2.05, 4.69) is 5.10 Å². The fourth-order valence-corrected chi connectivity index (χ4v) is 1.01. The minimum Gasteiger partial charge on any atom is -0.423 e. The Bertz CT molecular complexity index is 425. The van der Waals surface area contributed by atoms with Crippen LogP contribution in [-0.4, -0.2) is 29.4 Å². The zero-order valence-corrected chi connectivity index (χ0v) is 8.09. The molecule has 0 saturated carbocycles. The number of rotatable bonds is 3. The first-order chi connectivity index (χ1) is 7.50. The molecule has 0 aliphatic carbocycles. The van der Waals surface area contributed by atoms with Gasteiger partial charge in [0.2, 0.25) is 0 Å². The number of halogens is 1. The van der Waals surface area contributed by atoms with Crippen LogP contribution in [0.25, 0.3) is 0 Å². The van der Waals surface area contributed by atoms with Gasteiger partial charge < -0.3 is 15.8 Å². The van der Waals surface area contributed by atoms with Gasteiger partial charge in [-0.15, -0.1) is 0 Å². The van der Waals surface area contributed by atoms with Gasteiger partial charge in [-0.25, -0.2) is 14.6 Å². The van der Waals surface area contributed by atoms with E-state index in [0.717, 1.165) is 6.07 Å². The summed E-state index contributed by atoms with van der Waals surface area (Å²) in [6.07, 6.45) is 1.19. The number of primary amides is 1. The number of carbonyl (C=O) groups is 1. The van der Waals surface area contributed by atoms with Crippen molar-refractivity contribution in [2.45, 2.75) is 0 Å². The predicted octanol–water partition coefficient (Wildman–Crippen LogP) is -1.49. The van der Waals surface area contributed by atoms with Gasteiger partial charge >= 0.3 is 13.1 Å². The van der Waals surface area contributed by atoms with Crippen molar-refractivity contribution < 1.29 is 19.2 Å². The number of nitrogens with zero attached hydrogens (tertiary/aromatic N) is 1. The van der Waals surface area contributed by atoms with E-state index in [9.17, 15) is 9.18 Å². The van der Waals surface area contributed by atoms with Gasteiger partial charge in [-0.1, -0.05) is 12.1 Å². The van der Waals surface area contributed by atoms with E-state index in [0.29, 0.717) is 5.56 Å². The van der Waals surface area contributed by atoms with Crippen molar-refractivity contribution in [1.29, 1.82) is 0 Å². The van der Waals surface area contributed by atoms with Crippen molar-refractivity contribution in [3.63, 3.8) is 0 Å². The van der Waals surface area contributed by atoms with E-state index in [-0.39, 0.29) is 5.46 Å². The van der Waals surface area contributed by atoms with Crippen LogP contribution in [0.3, 0.4) is 0 Å². The Morgan fingerprint density at radius 2 is 2.25 bits per heavy atom. The molecule has 0 bridgehead atoms. The van der Waals surface area contributed by atoms with Crippen molar-refractivity contribution in [1.82, 2.24) is 5.43 Å². The molecule has 0 saturated heterocycles. The molecule has 0 fully saturated rings. The number of nitrogens with one attached hydrogen (secondary N) is 1. The van der Waals surface area contributed by atoms with Crippen LogP contribution >= 0.6 is 0 Å². The molecule has 8 heteroatoms. The van der Waals surface area contributed by atoms with Gasteiger partial charge in [0.15, 0.2) is 0 Å². The summed E-state index contributed by atoms with van der Waals surface area (Å²) >= 11 is 0. The summed E-state index contributed by atoms with van der Waals surface area (Å²) in [5, 5.41) is 21.1. The lowest BCUT2D eigenvalue weighted by Gasteiger charge is -2.02. The average molecular weight is 225 g/mol. The van der Waals surface area contributed by atoms with Crippen LogP contribution in [0.15, 0.2) is 23.3 Å². The standard InChI is InChI=1S/C8H9BFN3O3/c10-7-2-1-5(3-6(7)9(15)16)4-12-13-8(11)14/h1-4,15-16H,(H3,11,13,14). The lowest BCUT2D eigenvalue weighted by atomic mass is 9.79. The molecule has 0 heterocycles. The molecule has 16 heavy (non-hydrogen) atoms. The first kappa shape index (κ1) is 12.1. The number of urea groups is 1. The number of hydrogen-bond acceptors (Lipinski definition) is 4. The maximum atomic E-state index is 13.0. The Labute approximate surface area is 90.7 Å². The molecule has 0 aliphatic rings. The molecule has 0 aliphatic heterocycles. The van der Waals surface area contributed by atoms with Crippen molar-refractivity contribution >= 4 is 24.8 Å². The highest BCUT2D eigenvalue weighted by Crippen LogP contribution is 1.99. The molecule has 1 aromatic rings. The minimum absolute atomic E-state index is 0.275. The number of hydrazone groups is 1. The summed E-state index contributed by atoms with van der Waals surface area (Å²) < 4.78 is 13.0. The van der Waals surface area contributed by atoms with Gasteiger partial charge in [-0.05, 0) is 11.6 Å². The Morgan fingerprint density at radius 3 is 2.81 bits per heavy atom. The third-order valence-corrected chi connectivity index (χ3v) is 1.69. The van der Waals surface area contributed by atoms with Crippen LogP contribution in [0.2, 0.25) is 0 Å². The number of benzene rings is 1. The van der Waals surface area contributed by atoms with E-state index in [1.165, 1.54) is 18.3 Å². The van der Waals surface area contributed by atoms with Crippen molar-refractivity contribution in [3.8, 4) is 0 Å². The van der Waals surface area contributed by atoms with Crippen LogP contribution in [0.5, 0.6) is 0 Å². The Kier molecular flexibility index (Phi) is 3.98. The number of nitrogens with two attached hydrogens (primary N) is 1. The highest BCUT2D eigenvalue weighted by molar-refractivity contribution is 6.58. The normalized spacial score (nSPS) is 10.4. The maximum Gasteiger partial charge on any atom is 0.491 e. The smallest absolute Gasteiger partial charge is 0.423 e. The molecule has 84 valence electrons. The van der Waals surface area contributed by atoms with Crippen LogP contribution in [0, 0.1) is 5.82 Å². The average Bonchev–Trinajstić information content (AvgIpc) is 2.19. The van der Waals surface area contributed by atoms with E-state index >= 15 is 0 Å². The lowest BCUT2D eigenvalue weighted by molar-refractivity contribution is 0.249. The highest BCUT2D eigenvalue weighted by Gasteiger charge is 2.16. The summed E-state index contributed by atoms with van der Waals surface area (Å²) in [6.45, 7) is 0. The van der Waals surface area contributed by atoms with Crippen molar-refractivity contribution in [2.24, 2.45) is 10.8 Å². The van der Waals surface area contributed by atoms with Crippen molar-refractivity contribution in [3.05, 3.63) is 29.6 Å². The largest absolute Gasteiger partial charge is 0.491 e. The summed E-state index contributed by atoms with van der Waals surface area (Å²) in [7, 11) is -1.91. The number of hydrogen-bond donors (Lipinski definition) is 4. The first-order valence-electron chi connectivity index (χ1n) is 4.25. The zero-order valence-electron chi connectivity index (χ0n) is 8.09. The van der Waals surface area contributed by atoms with Gasteiger partial charge in [0.1, 0.15) is 5.82 Å².